The Morgan fingerprint density at radius 2 is 2.00 bits per heavy atom. The Hall–Kier alpha value is -2.84. The second-order valence-corrected chi connectivity index (χ2v) is 4.78. The van der Waals surface area contributed by atoms with Crippen molar-refractivity contribution in [2.75, 3.05) is 11.9 Å². The number of anilines is 2. The second-order valence-electron chi connectivity index (χ2n) is 4.78. The Balaban J connectivity index is 1.91. The van der Waals surface area contributed by atoms with Gasteiger partial charge in [-0.25, -0.2) is 9.97 Å². The van der Waals surface area contributed by atoms with E-state index < -0.39 is 12.8 Å². The van der Waals surface area contributed by atoms with Crippen LogP contribution in [0.25, 0.3) is 10.9 Å². The fourth-order valence-corrected chi connectivity index (χ4v) is 1.98. The van der Waals surface area contributed by atoms with E-state index in [9.17, 15) is 13.2 Å². The third-order valence-electron chi connectivity index (χ3n) is 2.97. The average Bonchev–Trinajstić information content (AvgIpc) is 2.89. The van der Waals surface area contributed by atoms with Gasteiger partial charge >= 0.3 is 6.18 Å². The van der Waals surface area contributed by atoms with Crippen LogP contribution in [0, 0.1) is 6.92 Å². The number of benzene rings is 1. The number of aromatic nitrogens is 4. The highest BCUT2D eigenvalue weighted by atomic mass is 19.4. The maximum Gasteiger partial charge on any atom is 0.422 e. The van der Waals surface area contributed by atoms with Gasteiger partial charge in [0.1, 0.15) is 5.82 Å². The molecule has 6 nitrogen and oxygen atoms in total. The van der Waals surface area contributed by atoms with Crippen LogP contribution in [0.1, 0.15) is 5.82 Å². The van der Waals surface area contributed by atoms with Crippen molar-refractivity contribution in [3.63, 3.8) is 0 Å². The number of H-pyrrole nitrogens is 1. The van der Waals surface area contributed by atoms with Crippen molar-refractivity contribution in [3.8, 4) is 5.75 Å². The highest BCUT2D eigenvalue weighted by Gasteiger charge is 2.29. The lowest BCUT2D eigenvalue weighted by Gasteiger charge is -2.13. The van der Waals surface area contributed by atoms with Crippen LogP contribution in [0.4, 0.5) is 24.8 Å². The molecule has 0 aliphatic carbocycles. The SMILES string of the molecule is Cc1ncc(OCC(F)(F)F)c(Nc2n[nH]c3ccccc23)n1. The fourth-order valence-electron chi connectivity index (χ4n) is 1.98. The number of nitrogens with zero attached hydrogens (tertiary/aromatic N) is 3. The van der Waals surface area contributed by atoms with Gasteiger partial charge in [-0.1, -0.05) is 12.1 Å². The third kappa shape index (κ3) is 3.50. The number of nitrogens with one attached hydrogen (secondary N) is 2. The largest absolute Gasteiger partial charge is 0.479 e. The van der Waals surface area contributed by atoms with Gasteiger partial charge in [0, 0.05) is 5.39 Å². The number of halogens is 3. The molecule has 0 aliphatic heterocycles. The van der Waals surface area contributed by atoms with Crippen molar-refractivity contribution in [3.05, 3.63) is 36.3 Å². The number of fused-ring (bicyclic) bond motifs is 1. The van der Waals surface area contributed by atoms with Crippen LogP contribution in [0.15, 0.2) is 30.5 Å². The molecule has 0 unspecified atom stereocenters. The molecule has 0 spiro atoms. The molecule has 0 amide bonds. The normalized spacial score (nSPS) is 11.7. The summed E-state index contributed by atoms with van der Waals surface area (Å²) in [5, 5.41) is 10.6. The van der Waals surface area contributed by atoms with E-state index in [4.69, 9.17) is 4.74 Å². The van der Waals surface area contributed by atoms with Crippen LogP contribution in [-0.4, -0.2) is 32.9 Å². The zero-order valence-corrected chi connectivity index (χ0v) is 12.0. The first-order valence-corrected chi connectivity index (χ1v) is 6.66. The molecule has 2 N–H and O–H groups in total. The van der Waals surface area contributed by atoms with E-state index in [2.05, 4.69) is 25.5 Å². The molecule has 0 saturated carbocycles. The van der Waals surface area contributed by atoms with Crippen LogP contribution in [0.5, 0.6) is 5.75 Å². The standard InChI is InChI=1S/C14H12F3N5O/c1-8-18-6-11(23-7-14(15,16)17)13(19-8)20-12-9-4-2-3-5-10(9)21-22-12/h2-6H,7H2,1H3,(H2,18,19,20,21,22). The molecule has 0 saturated heterocycles. The quantitative estimate of drug-likeness (QED) is 0.770. The van der Waals surface area contributed by atoms with Crippen molar-refractivity contribution < 1.29 is 17.9 Å². The zero-order chi connectivity index (χ0) is 16.4. The van der Waals surface area contributed by atoms with E-state index in [1.54, 1.807) is 6.92 Å². The van der Waals surface area contributed by atoms with Crippen molar-refractivity contribution >= 4 is 22.5 Å². The van der Waals surface area contributed by atoms with Gasteiger partial charge in [-0.05, 0) is 19.1 Å². The Bertz CT molecular complexity index is 831. The van der Waals surface area contributed by atoms with Crippen LogP contribution < -0.4 is 10.1 Å². The Morgan fingerprint density at radius 3 is 2.78 bits per heavy atom. The number of hydrogen-bond acceptors (Lipinski definition) is 5. The number of aromatic amines is 1. The Labute approximate surface area is 128 Å². The second kappa shape index (κ2) is 5.75. The maximum atomic E-state index is 12.3. The molecule has 0 atom stereocenters. The van der Waals surface area contributed by atoms with Crippen LogP contribution >= 0.6 is 0 Å². The van der Waals surface area contributed by atoms with Crippen molar-refractivity contribution in [1.82, 2.24) is 20.2 Å². The summed E-state index contributed by atoms with van der Waals surface area (Å²) in [5.41, 5.74) is 0.790. The summed E-state index contributed by atoms with van der Waals surface area (Å²) in [5.74, 6) is 0.862. The van der Waals surface area contributed by atoms with Gasteiger partial charge < -0.3 is 10.1 Å². The molecule has 0 bridgehead atoms. The van der Waals surface area contributed by atoms with Gasteiger partial charge in [-0.3, -0.25) is 5.10 Å². The summed E-state index contributed by atoms with van der Waals surface area (Å²) in [7, 11) is 0. The first-order chi connectivity index (χ1) is 10.9. The van der Waals surface area contributed by atoms with Crippen LogP contribution in [-0.2, 0) is 0 Å². The van der Waals surface area contributed by atoms with Gasteiger partial charge in [0.15, 0.2) is 24.0 Å². The minimum absolute atomic E-state index is 0.0972. The fraction of sp³-hybridized carbons (Fsp3) is 0.214. The van der Waals surface area contributed by atoms with Crippen LogP contribution in [0.2, 0.25) is 0 Å². The maximum absolute atomic E-state index is 12.3. The highest BCUT2D eigenvalue weighted by molar-refractivity contribution is 5.91. The van der Waals surface area contributed by atoms with Gasteiger partial charge in [-0.2, -0.15) is 18.3 Å². The lowest BCUT2D eigenvalue weighted by molar-refractivity contribution is -0.153. The van der Waals surface area contributed by atoms with Crippen molar-refractivity contribution in [2.24, 2.45) is 0 Å². The smallest absolute Gasteiger partial charge is 0.422 e. The summed E-state index contributed by atoms with van der Waals surface area (Å²) in [6.45, 7) is 0.205. The van der Waals surface area contributed by atoms with Crippen LogP contribution in [0.3, 0.4) is 0 Å². The number of aryl methyl sites for hydroxylation is 1. The van der Waals surface area contributed by atoms with Gasteiger partial charge in [0.2, 0.25) is 0 Å². The molecule has 120 valence electrons. The molecule has 2 heterocycles. The zero-order valence-electron chi connectivity index (χ0n) is 12.0. The van der Waals surface area contributed by atoms with E-state index in [0.29, 0.717) is 11.6 Å². The van der Waals surface area contributed by atoms with Crippen molar-refractivity contribution in [1.29, 1.82) is 0 Å². The summed E-state index contributed by atoms with van der Waals surface area (Å²) < 4.78 is 41.8. The molecular weight excluding hydrogens is 311 g/mol. The predicted octanol–water partition coefficient (Wildman–Crippen LogP) is 3.35. The molecule has 3 rings (SSSR count). The Kier molecular flexibility index (Phi) is 3.77. The van der Waals surface area contributed by atoms with E-state index in [1.165, 1.54) is 6.20 Å². The molecule has 0 fully saturated rings. The molecule has 1 aromatic carbocycles. The highest BCUT2D eigenvalue weighted by Crippen LogP contribution is 2.29. The summed E-state index contributed by atoms with van der Waals surface area (Å²) in [4.78, 5) is 7.95. The molecule has 9 heteroatoms. The molecule has 2 aromatic heterocycles. The van der Waals surface area contributed by atoms with E-state index >= 15 is 0 Å². The number of rotatable bonds is 4. The molecule has 0 aliphatic rings. The topological polar surface area (TPSA) is 75.7 Å². The third-order valence-corrected chi connectivity index (χ3v) is 2.97. The summed E-state index contributed by atoms with van der Waals surface area (Å²) >= 11 is 0. The van der Waals surface area contributed by atoms with E-state index in [-0.39, 0.29) is 11.6 Å². The predicted molar refractivity (Wildman–Crippen MR) is 77.7 cm³/mol. The van der Waals surface area contributed by atoms with E-state index in [0.717, 1.165) is 10.9 Å². The Morgan fingerprint density at radius 1 is 1.22 bits per heavy atom. The summed E-state index contributed by atoms with van der Waals surface area (Å²) in [6, 6.07) is 7.33. The monoisotopic (exact) mass is 323 g/mol. The first kappa shape index (κ1) is 15.1. The number of hydrogen-bond donors (Lipinski definition) is 2. The first-order valence-electron chi connectivity index (χ1n) is 6.66. The van der Waals surface area contributed by atoms with Crippen molar-refractivity contribution in [2.45, 2.75) is 13.1 Å². The molecule has 0 radical (unpaired) electrons. The number of para-hydroxylation sites is 1. The molecule has 3 aromatic rings. The number of ether oxygens (including phenoxy) is 1. The minimum Gasteiger partial charge on any atom is -0.479 e. The minimum atomic E-state index is -4.44. The number of alkyl halides is 3. The van der Waals surface area contributed by atoms with E-state index in [1.807, 2.05) is 24.3 Å². The van der Waals surface area contributed by atoms with Gasteiger partial charge in [0.05, 0.1) is 11.7 Å². The molecule has 23 heavy (non-hydrogen) atoms. The average molecular weight is 323 g/mol. The van der Waals surface area contributed by atoms with Gasteiger partial charge in [-0.15, -0.1) is 0 Å². The summed E-state index contributed by atoms with van der Waals surface area (Å²) in [6.07, 6.45) is -3.24. The lowest BCUT2D eigenvalue weighted by atomic mass is 10.2. The lowest BCUT2D eigenvalue weighted by Crippen LogP contribution is -2.20. The van der Waals surface area contributed by atoms with Gasteiger partial charge in [0.25, 0.3) is 0 Å². The molecular formula is C14H12F3N5O.